The zero-order chi connectivity index (χ0) is 15.4. The van der Waals surface area contributed by atoms with E-state index in [-0.39, 0.29) is 0 Å². The van der Waals surface area contributed by atoms with Gasteiger partial charge in [0.15, 0.2) is 0 Å². The van der Waals surface area contributed by atoms with Crippen LogP contribution in [0.25, 0.3) is 0 Å². The number of hydrogen-bond acceptors (Lipinski definition) is 1. The molecule has 0 aromatic carbocycles. The van der Waals surface area contributed by atoms with Gasteiger partial charge in [0, 0.05) is 0 Å². The molecule has 0 saturated heterocycles. The second-order valence-electron chi connectivity index (χ2n) is 6.61. The summed E-state index contributed by atoms with van der Waals surface area (Å²) in [6.45, 7) is 13.9. The standard InChI is InChI=1S/C6H12N.3C4H9.Sn/c1-4-5-7-6(2)3;3*1-3-4-2;/h6H,4H2,1-3H3;3*1,3-4H2,2H3;. The molecular formula is C18H39NSn. The van der Waals surface area contributed by atoms with E-state index in [1.807, 2.05) is 0 Å². The van der Waals surface area contributed by atoms with Gasteiger partial charge < -0.3 is 0 Å². The summed E-state index contributed by atoms with van der Waals surface area (Å²) in [4.78, 5) is 5.14. The van der Waals surface area contributed by atoms with Gasteiger partial charge in [-0.2, -0.15) is 0 Å². The van der Waals surface area contributed by atoms with Gasteiger partial charge in [-0.1, -0.05) is 0 Å². The van der Waals surface area contributed by atoms with E-state index >= 15 is 0 Å². The van der Waals surface area contributed by atoms with E-state index in [0.717, 1.165) is 0 Å². The van der Waals surface area contributed by atoms with Gasteiger partial charge in [0.1, 0.15) is 0 Å². The summed E-state index contributed by atoms with van der Waals surface area (Å²) < 4.78 is 6.41. The second-order valence-corrected chi connectivity index (χ2v) is 19.9. The van der Waals surface area contributed by atoms with Crippen molar-refractivity contribution in [2.24, 2.45) is 4.99 Å². The van der Waals surface area contributed by atoms with Crippen molar-refractivity contribution in [2.45, 2.75) is 106 Å². The SMILES string of the molecule is CCC[CH2][Sn]([CH2]CCC)([CH2]CCC)[C](CC)=NC(C)C. The van der Waals surface area contributed by atoms with Crippen molar-refractivity contribution in [3.05, 3.63) is 0 Å². The Balaban J connectivity index is 5.28. The van der Waals surface area contributed by atoms with Crippen LogP contribution >= 0.6 is 0 Å². The van der Waals surface area contributed by atoms with Crippen LogP contribution in [0, 0.1) is 0 Å². The van der Waals surface area contributed by atoms with Gasteiger partial charge in [-0.25, -0.2) is 0 Å². The van der Waals surface area contributed by atoms with Gasteiger partial charge in [0.05, 0.1) is 0 Å². The summed E-state index contributed by atoms with van der Waals surface area (Å²) in [5.41, 5.74) is 0. The number of rotatable bonds is 12. The molecule has 2 heteroatoms. The third kappa shape index (κ3) is 7.47. The molecule has 0 aliphatic carbocycles. The van der Waals surface area contributed by atoms with Crippen molar-refractivity contribution in [2.75, 3.05) is 0 Å². The molecule has 0 bridgehead atoms. The maximum atomic E-state index is 5.14. The van der Waals surface area contributed by atoms with Crippen molar-refractivity contribution in [1.29, 1.82) is 0 Å². The molecule has 20 heavy (non-hydrogen) atoms. The first-order valence-electron chi connectivity index (χ1n) is 9.13. The third-order valence-corrected chi connectivity index (χ3v) is 20.5. The Morgan fingerprint density at radius 2 is 1.20 bits per heavy atom. The van der Waals surface area contributed by atoms with Crippen molar-refractivity contribution in [3.8, 4) is 0 Å². The number of hydrogen-bond donors (Lipinski definition) is 0. The van der Waals surface area contributed by atoms with Gasteiger partial charge >= 0.3 is 133 Å². The molecule has 0 fully saturated rings. The van der Waals surface area contributed by atoms with Crippen molar-refractivity contribution in [1.82, 2.24) is 0 Å². The van der Waals surface area contributed by atoms with Crippen molar-refractivity contribution in [3.63, 3.8) is 0 Å². The minimum atomic E-state index is -2.17. The molecule has 0 unspecified atom stereocenters. The first-order valence-corrected chi connectivity index (χ1v) is 16.6. The zero-order valence-corrected chi connectivity index (χ0v) is 17.9. The Hall–Kier alpha value is 0.469. The number of aliphatic imine (C=N–C) groups is 1. The van der Waals surface area contributed by atoms with E-state index in [0.29, 0.717) is 6.04 Å². The normalized spacial score (nSPS) is 13.2. The number of nitrogens with zero attached hydrogens (tertiary/aromatic N) is 1. The van der Waals surface area contributed by atoms with Gasteiger partial charge in [-0.05, 0) is 0 Å². The summed E-state index contributed by atoms with van der Waals surface area (Å²) in [6, 6.07) is 0.492. The molecule has 0 spiro atoms. The molecule has 0 aliphatic heterocycles. The summed E-state index contributed by atoms with van der Waals surface area (Å²) in [7, 11) is 0. The third-order valence-electron chi connectivity index (χ3n) is 4.39. The molecule has 0 saturated carbocycles. The van der Waals surface area contributed by atoms with Crippen LogP contribution in [0.3, 0.4) is 0 Å². The molecule has 0 radical (unpaired) electrons. The summed E-state index contributed by atoms with van der Waals surface area (Å²) >= 11 is -2.17. The Kier molecular flexibility index (Phi) is 12.3. The molecule has 0 heterocycles. The average molecular weight is 388 g/mol. The molecule has 0 aliphatic rings. The van der Waals surface area contributed by atoms with Crippen LogP contribution in [0.4, 0.5) is 0 Å². The fourth-order valence-corrected chi connectivity index (χ4v) is 20.4. The molecule has 0 N–H and O–H groups in total. The molecule has 0 aromatic rings. The molecule has 0 atom stereocenters. The van der Waals surface area contributed by atoms with Gasteiger partial charge in [0.2, 0.25) is 0 Å². The summed E-state index contributed by atoms with van der Waals surface area (Å²) in [6.07, 6.45) is 9.63. The van der Waals surface area contributed by atoms with Crippen LogP contribution in [0.5, 0.6) is 0 Å². The Morgan fingerprint density at radius 3 is 1.45 bits per heavy atom. The predicted octanol–water partition coefficient (Wildman–Crippen LogP) is 6.63. The monoisotopic (exact) mass is 389 g/mol. The van der Waals surface area contributed by atoms with Crippen LogP contribution < -0.4 is 0 Å². The fourth-order valence-electron chi connectivity index (χ4n) is 3.27. The molecule has 120 valence electrons. The Morgan fingerprint density at radius 1 is 0.800 bits per heavy atom. The van der Waals surface area contributed by atoms with E-state index in [1.165, 1.54) is 44.9 Å². The van der Waals surface area contributed by atoms with Crippen LogP contribution in [0.1, 0.15) is 86.5 Å². The molecule has 0 rings (SSSR count). The molecule has 0 aromatic heterocycles. The van der Waals surface area contributed by atoms with Crippen molar-refractivity contribution < 1.29 is 0 Å². The van der Waals surface area contributed by atoms with Crippen LogP contribution in [0.2, 0.25) is 13.3 Å². The first kappa shape index (κ1) is 20.5. The van der Waals surface area contributed by atoms with E-state index in [9.17, 15) is 0 Å². The molecule has 0 amide bonds. The fraction of sp³-hybridized carbons (Fsp3) is 0.944. The van der Waals surface area contributed by atoms with E-state index in [2.05, 4.69) is 41.5 Å². The second kappa shape index (κ2) is 12.1. The Bertz CT molecular complexity index is 236. The van der Waals surface area contributed by atoms with Gasteiger partial charge in [0.25, 0.3) is 0 Å². The topological polar surface area (TPSA) is 12.4 Å². The van der Waals surface area contributed by atoms with E-state index in [4.69, 9.17) is 4.99 Å². The predicted molar refractivity (Wildman–Crippen MR) is 97.8 cm³/mol. The summed E-state index contributed by atoms with van der Waals surface area (Å²) in [5.74, 6) is 0. The van der Waals surface area contributed by atoms with Crippen LogP contribution in [-0.2, 0) is 0 Å². The minimum absolute atomic E-state index is 0.492. The van der Waals surface area contributed by atoms with Crippen molar-refractivity contribution >= 4 is 22.1 Å². The van der Waals surface area contributed by atoms with Gasteiger partial charge in [-0.15, -0.1) is 0 Å². The average Bonchev–Trinajstić information content (AvgIpc) is 2.44. The number of unbranched alkanes of at least 4 members (excludes halogenated alkanes) is 3. The van der Waals surface area contributed by atoms with Crippen LogP contribution in [0.15, 0.2) is 4.99 Å². The zero-order valence-electron chi connectivity index (χ0n) is 15.1. The van der Waals surface area contributed by atoms with Crippen LogP contribution in [-0.4, -0.2) is 28.1 Å². The van der Waals surface area contributed by atoms with Gasteiger partial charge in [-0.3, -0.25) is 0 Å². The quantitative estimate of drug-likeness (QED) is 0.263. The molecule has 1 nitrogen and oxygen atoms in total. The van der Waals surface area contributed by atoms with E-state index in [1.54, 1.807) is 17.0 Å². The molecular weight excluding hydrogens is 349 g/mol. The Labute approximate surface area is 132 Å². The maximum absolute atomic E-state index is 5.14. The van der Waals surface area contributed by atoms with E-state index < -0.39 is 18.4 Å². The first-order chi connectivity index (χ1) is 9.56. The summed E-state index contributed by atoms with van der Waals surface area (Å²) in [5, 5.41) is 0.